The topological polar surface area (TPSA) is 30.0 Å². The van der Waals surface area contributed by atoms with Gasteiger partial charge in [0.1, 0.15) is 0 Å². The normalized spacial score (nSPS) is 16.5. The second-order valence-electron chi connectivity index (χ2n) is 3.01. The van der Waals surface area contributed by atoms with Gasteiger partial charge in [-0.1, -0.05) is 0 Å². The minimum absolute atomic E-state index is 0.139. The van der Waals surface area contributed by atoms with Crippen LogP contribution in [-0.4, -0.2) is 10.8 Å². The summed E-state index contributed by atoms with van der Waals surface area (Å²) in [5, 5.41) is 0. The second kappa shape index (κ2) is 2.92. The van der Waals surface area contributed by atoms with E-state index in [2.05, 4.69) is 20.9 Å². The van der Waals surface area contributed by atoms with Crippen molar-refractivity contribution in [2.75, 3.05) is 0 Å². The summed E-state index contributed by atoms with van der Waals surface area (Å²) in [6, 6.07) is 0. The number of thiazole rings is 1. The van der Waals surface area contributed by atoms with Gasteiger partial charge in [-0.3, -0.25) is 4.79 Å². The van der Waals surface area contributed by atoms with Crippen molar-refractivity contribution in [2.24, 2.45) is 0 Å². The van der Waals surface area contributed by atoms with Gasteiger partial charge in [-0.15, -0.1) is 11.3 Å². The number of halogens is 1. The van der Waals surface area contributed by atoms with E-state index in [0.717, 1.165) is 14.5 Å². The minimum atomic E-state index is 0.139. The summed E-state index contributed by atoms with van der Waals surface area (Å²) < 4.78 is 0.828. The van der Waals surface area contributed by atoms with Crippen molar-refractivity contribution in [1.29, 1.82) is 0 Å². The molecular formula is C8H8BrNOS. The molecule has 0 aromatic carbocycles. The second-order valence-corrected chi connectivity index (χ2v) is 5.29. The third-order valence-electron chi connectivity index (χ3n) is 1.91. The maximum absolute atomic E-state index is 11.2. The van der Waals surface area contributed by atoms with Gasteiger partial charge in [0.15, 0.2) is 9.70 Å². The Labute approximate surface area is 83.1 Å². The lowest BCUT2D eigenvalue weighted by atomic mass is 10.2. The van der Waals surface area contributed by atoms with Crippen LogP contribution in [0.1, 0.15) is 41.0 Å². The molecule has 1 heterocycles. The number of carbonyl (C=O) groups is 1. The van der Waals surface area contributed by atoms with Crippen LogP contribution in [0.4, 0.5) is 0 Å². The van der Waals surface area contributed by atoms with Gasteiger partial charge in [-0.05, 0) is 28.8 Å². The van der Waals surface area contributed by atoms with Crippen molar-refractivity contribution in [3.05, 3.63) is 14.5 Å². The van der Waals surface area contributed by atoms with Gasteiger partial charge in [0.25, 0.3) is 0 Å². The molecule has 1 aliphatic carbocycles. The molecule has 0 saturated heterocycles. The van der Waals surface area contributed by atoms with Crippen molar-refractivity contribution in [3.63, 3.8) is 0 Å². The third-order valence-corrected chi connectivity index (χ3v) is 3.53. The van der Waals surface area contributed by atoms with Gasteiger partial charge >= 0.3 is 0 Å². The van der Waals surface area contributed by atoms with E-state index in [1.165, 1.54) is 24.2 Å². The predicted octanol–water partition coefficient (Wildman–Crippen LogP) is 2.99. The molecule has 0 atom stereocenters. The summed E-state index contributed by atoms with van der Waals surface area (Å²) in [6.45, 7) is 1.60. The van der Waals surface area contributed by atoms with Crippen molar-refractivity contribution in [3.8, 4) is 0 Å². The van der Waals surface area contributed by atoms with Crippen LogP contribution < -0.4 is 0 Å². The van der Waals surface area contributed by atoms with E-state index in [0.29, 0.717) is 5.92 Å². The van der Waals surface area contributed by atoms with Gasteiger partial charge in [0, 0.05) is 12.8 Å². The van der Waals surface area contributed by atoms with E-state index in [4.69, 9.17) is 0 Å². The van der Waals surface area contributed by atoms with E-state index in [9.17, 15) is 4.79 Å². The van der Waals surface area contributed by atoms with E-state index in [1.54, 1.807) is 6.92 Å². The molecule has 0 bridgehead atoms. The molecule has 1 aromatic rings. The summed E-state index contributed by atoms with van der Waals surface area (Å²) in [6.07, 6.45) is 2.38. The zero-order valence-corrected chi connectivity index (χ0v) is 9.04. The first-order valence-electron chi connectivity index (χ1n) is 3.85. The van der Waals surface area contributed by atoms with Crippen LogP contribution in [0.5, 0.6) is 0 Å². The Balaban J connectivity index is 2.43. The van der Waals surface area contributed by atoms with Crippen LogP contribution in [0, 0.1) is 0 Å². The highest BCUT2D eigenvalue weighted by molar-refractivity contribution is 9.11. The minimum Gasteiger partial charge on any atom is -0.294 e. The van der Waals surface area contributed by atoms with Gasteiger partial charge in [0.2, 0.25) is 0 Å². The van der Waals surface area contributed by atoms with Crippen LogP contribution >= 0.6 is 27.3 Å². The molecule has 4 heteroatoms. The van der Waals surface area contributed by atoms with Crippen LogP contribution in [-0.2, 0) is 0 Å². The maximum atomic E-state index is 11.2. The Morgan fingerprint density at radius 3 is 2.83 bits per heavy atom. The molecular weight excluding hydrogens is 238 g/mol. The molecule has 2 nitrogen and oxygen atoms in total. The number of Topliss-reactive ketones (excluding diaryl/α,β-unsaturated/α-hetero) is 1. The molecule has 0 aliphatic heterocycles. The van der Waals surface area contributed by atoms with Crippen LogP contribution in [0.3, 0.4) is 0 Å². The molecule has 0 amide bonds. The van der Waals surface area contributed by atoms with Gasteiger partial charge in [-0.2, -0.15) is 0 Å². The zero-order valence-electron chi connectivity index (χ0n) is 6.63. The van der Waals surface area contributed by atoms with Crippen LogP contribution in [0.25, 0.3) is 0 Å². The summed E-state index contributed by atoms with van der Waals surface area (Å²) in [5.74, 6) is 0.701. The Bertz CT molecular complexity index is 330. The molecule has 1 saturated carbocycles. The molecule has 0 radical (unpaired) electrons. The predicted molar refractivity (Wildman–Crippen MR) is 51.8 cm³/mol. The van der Waals surface area contributed by atoms with Gasteiger partial charge in [-0.25, -0.2) is 4.98 Å². The molecule has 1 aliphatic rings. The lowest BCUT2D eigenvalue weighted by Crippen LogP contribution is -1.93. The summed E-state index contributed by atoms with van der Waals surface area (Å²) >= 11 is 4.75. The largest absolute Gasteiger partial charge is 0.294 e. The number of rotatable bonds is 2. The summed E-state index contributed by atoms with van der Waals surface area (Å²) in [5.41, 5.74) is 1.01. The lowest BCUT2D eigenvalue weighted by molar-refractivity contribution is 0.102. The lowest BCUT2D eigenvalue weighted by Gasteiger charge is -1.92. The van der Waals surface area contributed by atoms with Crippen LogP contribution in [0.15, 0.2) is 3.92 Å². The standard InChI is InChI=1S/C8H8BrNOS/c1-4(11)7-6(5-2-3-5)10-8(9)12-7/h5H,2-3H2,1H3. The average Bonchev–Trinajstić information content (AvgIpc) is 2.75. The molecule has 0 spiro atoms. The number of carbonyl (C=O) groups excluding carboxylic acids is 1. The average molecular weight is 246 g/mol. The van der Waals surface area contributed by atoms with Crippen molar-refractivity contribution in [1.82, 2.24) is 4.98 Å². The molecule has 1 aromatic heterocycles. The highest BCUT2D eigenvalue weighted by atomic mass is 79.9. The fourth-order valence-corrected chi connectivity index (χ4v) is 2.64. The Morgan fingerprint density at radius 2 is 2.33 bits per heavy atom. The highest BCUT2D eigenvalue weighted by Gasteiger charge is 2.30. The fourth-order valence-electron chi connectivity index (χ4n) is 1.19. The Morgan fingerprint density at radius 1 is 1.67 bits per heavy atom. The zero-order chi connectivity index (χ0) is 8.72. The van der Waals surface area contributed by atoms with Crippen molar-refractivity contribution in [2.45, 2.75) is 25.7 Å². The Kier molecular flexibility index (Phi) is 2.04. The molecule has 2 rings (SSSR count). The van der Waals surface area contributed by atoms with Gasteiger partial charge < -0.3 is 0 Å². The third kappa shape index (κ3) is 1.45. The quantitative estimate of drug-likeness (QED) is 0.751. The smallest absolute Gasteiger partial charge is 0.171 e. The van der Waals surface area contributed by atoms with E-state index < -0.39 is 0 Å². The van der Waals surface area contributed by atoms with Crippen LogP contribution in [0.2, 0.25) is 0 Å². The molecule has 12 heavy (non-hydrogen) atoms. The summed E-state index contributed by atoms with van der Waals surface area (Å²) in [7, 11) is 0. The number of nitrogens with zero attached hydrogens (tertiary/aromatic N) is 1. The SMILES string of the molecule is CC(=O)c1sc(Br)nc1C1CC1. The summed E-state index contributed by atoms with van der Waals surface area (Å²) in [4.78, 5) is 16.3. The molecule has 0 unspecified atom stereocenters. The Hall–Kier alpha value is -0.220. The van der Waals surface area contributed by atoms with E-state index in [1.807, 2.05) is 0 Å². The highest BCUT2D eigenvalue weighted by Crippen LogP contribution is 2.43. The first kappa shape index (κ1) is 8.38. The number of ketones is 1. The van der Waals surface area contributed by atoms with E-state index >= 15 is 0 Å². The first-order valence-corrected chi connectivity index (χ1v) is 5.46. The number of aromatic nitrogens is 1. The fraction of sp³-hybridized carbons (Fsp3) is 0.500. The van der Waals surface area contributed by atoms with E-state index in [-0.39, 0.29) is 5.78 Å². The monoisotopic (exact) mass is 245 g/mol. The van der Waals surface area contributed by atoms with Gasteiger partial charge in [0.05, 0.1) is 10.6 Å². The van der Waals surface area contributed by atoms with Crippen molar-refractivity contribution >= 4 is 33.0 Å². The first-order chi connectivity index (χ1) is 5.68. The molecule has 1 fully saturated rings. The number of hydrogen-bond acceptors (Lipinski definition) is 3. The van der Waals surface area contributed by atoms with Crippen molar-refractivity contribution < 1.29 is 4.79 Å². The molecule has 64 valence electrons. The number of hydrogen-bond donors (Lipinski definition) is 0. The maximum Gasteiger partial charge on any atom is 0.171 e. The molecule has 0 N–H and O–H groups in total.